The number of nitrogens with one attached hydrogen (secondary N) is 3. The summed E-state index contributed by atoms with van der Waals surface area (Å²) in [5.41, 5.74) is 2.27. The minimum Gasteiger partial charge on any atom is -0.496 e. The summed E-state index contributed by atoms with van der Waals surface area (Å²) in [4.78, 5) is 36.2. The highest BCUT2D eigenvalue weighted by molar-refractivity contribution is 5.92. The normalized spacial score (nSPS) is 11.5. The van der Waals surface area contributed by atoms with E-state index in [1.54, 1.807) is 24.7 Å². The van der Waals surface area contributed by atoms with Gasteiger partial charge < -0.3 is 19.8 Å². The van der Waals surface area contributed by atoms with E-state index in [4.69, 9.17) is 14.4 Å². The smallest absolute Gasteiger partial charge is 0.288 e. The first kappa shape index (κ1) is 23.9. The van der Waals surface area contributed by atoms with Gasteiger partial charge in [-0.05, 0) is 30.7 Å². The van der Waals surface area contributed by atoms with E-state index >= 15 is 0 Å². The van der Waals surface area contributed by atoms with Crippen LogP contribution in [0.25, 0.3) is 11.3 Å². The highest BCUT2D eigenvalue weighted by Crippen LogP contribution is 2.30. The first-order chi connectivity index (χ1) is 15.0. The second-order valence-electron chi connectivity index (χ2n) is 7.02. The van der Waals surface area contributed by atoms with E-state index in [1.165, 1.54) is 6.07 Å². The number of unbranched alkanes of at least 4 members (excludes halogenated alkanes) is 2. The molecule has 0 saturated heterocycles. The quantitative estimate of drug-likeness (QED) is 0.177. The van der Waals surface area contributed by atoms with E-state index in [9.17, 15) is 14.4 Å². The number of methoxy groups -OCH3 is 1. The van der Waals surface area contributed by atoms with E-state index in [0.29, 0.717) is 17.9 Å². The lowest BCUT2D eigenvalue weighted by Gasteiger charge is -2.16. The van der Waals surface area contributed by atoms with E-state index in [-0.39, 0.29) is 24.8 Å². The zero-order chi connectivity index (χ0) is 22.6. The second-order valence-corrected chi connectivity index (χ2v) is 7.02. The molecule has 9 nitrogen and oxygen atoms in total. The van der Waals surface area contributed by atoms with Crippen LogP contribution in [0.15, 0.2) is 40.8 Å². The molecule has 4 N–H and O–H groups in total. The monoisotopic (exact) mass is 431 g/mol. The van der Waals surface area contributed by atoms with Crippen molar-refractivity contribution in [3.63, 3.8) is 0 Å². The zero-order valence-corrected chi connectivity index (χ0v) is 17.8. The molecule has 9 heteroatoms. The van der Waals surface area contributed by atoms with Gasteiger partial charge in [-0.1, -0.05) is 38.3 Å². The molecule has 31 heavy (non-hydrogen) atoms. The van der Waals surface area contributed by atoms with Crippen LogP contribution in [0.5, 0.6) is 5.75 Å². The number of furan rings is 1. The van der Waals surface area contributed by atoms with Crippen LogP contribution in [0.3, 0.4) is 0 Å². The standard InChI is InChI=1S/C22H29N3O6/c1-3-4-5-8-15(13-20(26)25-29)21(27)23-14-24-22(28)19-12-11-18(31-19)16-9-6-7-10-17(16)30-2/h6-7,9-12,15,29H,3-5,8,13-14H2,1-2H3,(H,23,27)(H,24,28)(H,25,26)/t15-/m1/s1. The summed E-state index contributed by atoms with van der Waals surface area (Å²) in [5.74, 6) is -0.869. The molecule has 2 aromatic rings. The molecular formula is C22H29N3O6. The average molecular weight is 431 g/mol. The van der Waals surface area contributed by atoms with Crippen molar-refractivity contribution < 1.29 is 28.7 Å². The number of rotatable bonds is 12. The van der Waals surface area contributed by atoms with Gasteiger partial charge in [0.15, 0.2) is 5.76 Å². The summed E-state index contributed by atoms with van der Waals surface area (Å²) < 4.78 is 10.9. The van der Waals surface area contributed by atoms with Crippen LogP contribution in [0, 0.1) is 5.92 Å². The summed E-state index contributed by atoms with van der Waals surface area (Å²) in [6.45, 7) is 1.92. The topological polar surface area (TPSA) is 130 Å². The molecule has 1 aromatic heterocycles. The van der Waals surface area contributed by atoms with Crippen molar-refractivity contribution in [1.29, 1.82) is 0 Å². The van der Waals surface area contributed by atoms with Crippen LogP contribution in [0.2, 0.25) is 0 Å². The van der Waals surface area contributed by atoms with Gasteiger partial charge in [-0.25, -0.2) is 5.48 Å². The summed E-state index contributed by atoms with van der Waals surface area (Å²) in [5, 5.41) is 13.9. The molecule has 0 aliphatic carbocycles. The highest BCUT2D eigenvalue weighted by Gasteiger charge is 2.21. The van der Waals surface area contributed by atoms with E-state index in [0.717, 1.165) is 24.8 Å². The maximum Gasteiger partial charge on any atom is 0.288 e. The Morgan fingerprint density at radius 3 is 2.58 bits per heavy atom. The lowest BCUT2D eigenvalue weighted by atomic mass is 9.96. The van der Waals surface area contributed by atoms with Crippen LogP contribution in [-0.4, -0.2) is 36.7 Å². The summed E-state index contributed by atoms with van der Waals surface area (Å²) in [7, 11) is 1.55. The van der Waals surface area contributed by atoms with Gasteiger partial charge >= 0.3 is 0 Å². The van der Waals surface area contributed by atoms with Gasteiger partial charge in [0.25, 0.3) is 5.91 Å². The maximum atomic E-state index is 12.4. The van der Waals surface area contributed by atoms with Gasteiger partial charge in [-0.15, -0.1) is 0 Å². The van der Waals surface area contributed by atoms with Crippen molar-refractivity contribution >= 4 is 17.7 Å². The third kappa shape index (κ3) is 7.14. The molecule has 1 atom stereocenters. The number of hydrogen-bond donors (Lipinski definition) is 4. The van der Waals surface area contributed by atoms with Crippen molar-refractivity contribution in [3.8, 4) is 17.1 Å². The van der Waals surface area contributed by atoms with E-state index in [2.05, 4.69) is 10.6 Å². The van der Waals surface area contributed by atoms with Crippen LogP contribution < -0.4 is 20.9 Å². The molecule has 0 unspecified atom stereocenters. The zero-order valence-electron chi connectivity index (χ0n) is 17.8. The summed E-state index contributed by atoms with van der Waals surface area (Å²) in [6, 6.07) is 10.5. The van der Waals surface area contributed by atoms with Gasteiger partial charge in [-0.2, -0.15) is 0 Å². The van der Waals surface area contributed by atoms with Crippen molar-refractivity contribution in [2.75, 3.05) is 13.8 Å². The Kier molecular flexibility index (Phi) is 9.57. The molecule has 0 saturated carbocycles. The van der Waals surface area contributed by atoms with Gasteiger partial charge in [0, 0.05) is 12.3 Å². The van der Waals surface area contributed by atoms with Crippen molar-refractivity contribution in [2.24, 2.45) is 5.92 Å². The number of carbonyl (C=O) groups excluding carboxylic acids is 3. The minimum absolute atomic E-state index is 0.0920. The summed E-state index contributed by atoms with van der Waals surface area (Å²) >= 11 is 0. The number of ether oxygens (including phenoxy) is 1. The molecule has 0 fully saturated rings. The molecule has 0 radical (unpaired) electrons. The lowest BCUT2D eigenvalue weighted by Crippen LogP contribution is -2.41. The lowest BCUT2D eigenvalue weighted by molar-refractivity contribution is -0.135. The Balaban J connectivity index is 1.90. The van der Waals surface area contributed by atoms with Gasteiger partial charge in [0.05, 0.1) is 19.3 Å². The number of benzene rings is 1. The Morgan fingerprint density at radius 2 is 1.87 bits per heavy atom. The van der Waals surface area contributed by atoms with Crippen LogP contribution >= 0.6 is 0 Å². The molecule has 1 heterocycles. The fourth-order valence-corrected chi connectivity index (χ4v) is 3.13. The van der Waals surface area contributed by atoms with Gasteiger partial charge in [-0.3, -0.25) is 19.6 Å². The number of hydroxylamine groups is 1. The Bertz CT molecular complexity index is 880. The van der Waals surface area contributed by atoms with Gasteiger partial charge in [0.1, 0.15) is 11.5 Å². The minimum atomic E-state index is -0.625. The summed E-state index contributed by atoms with van der Waals surface area (Å²) in [6.07, 6.45) is 3.10. The largest absolute Gasteiger partial charge is 0.496 e. The maximum absolute atomic E-state index is 12.4. The third-order valence-corrected chi connectivity index (χ3v) is 4.80. The fourth-order valence-electron chi connectivity index (χ4n) is 3.13. The molecule has 0 spiro atoms. The second kappa shape index (κ2) is 12.4. The van der Waals surface area contributed by atoms with Crippen LogP contribution in [0.1, 0.15) is 49.6 Å². The molecule has 0 aliphatic heterocycles. The van der Waals surface area contributed by atoms with Gasteiger partial charge in [0.2, 0.25) is 11.8 Å². The first-order valence-corrected chi connectivity index (χ1v) is 10.2. The first-order valence-electron chi connectivity index (χ1n) is 10.2. The van der Waals surface area contributed by atoms with Crippen molar-refractivity contribution in [1.82, 2.24) is 16.1 Å². The SMILES string of the molecule is CCCCC[C@H](CC(=O)NO)C(=O)NCNC(=O)c1ccc(-c2ccccc2OC)o1. The highest BCUT2D eigenvalue weighted by atomic mass is 16.5. The average Bonchev–Trinajstić information content (AvgIpc) is 3.28. The number of carbonyl (C=O) groups is 3. The predicted molar refractivity (Wildman–Crippen MR) is 113 cm³/mol. The number of hydrogen-bond acceptors (Lipinski definition) is 6. The van der Waals surface area contributed by atoms with Crippen LogP contribution in [-0.2, 0) is 9.59 Å². The Labute approximate surface area is 181 Å². The van der Waals surface area contributed by atoms with Crippen molar-refractivity contribution in [2.45, 2.75) is 39.0 Å². The Hall–Kier alpha value is -3.33. The molecular weight excluding hydrogens is 402 g/mol. The van der Waals surface area contributed by atoms with E-state index < -0.39 is 17.7 Å². The molecule has 3 amide bonds. The number of para-hydroxylation sites is 1. The molecule has 0 bridgehead atoms. The molecule has 168 valence electrons. The molecule has 1 aromatic carbocycles. The van der Waals surface area contributed by atoms with Crippen LogP contribution in [0.4, 0.5) is 0 Å². The third-order valence-electron chi connectivity index (χ3n) is 4.80. The molecule has 0 aliphatic rings. The van der Waals surface area contributed by atoms with E-state index in [1.807, 2.05) is 25.1 Å². The number of amides is 3. The van der Waals surface area contributed by atoms with Crippen molar-refractivity contribution in [3.05, 3.63) is 42.2 Å². The molecule has 2 rings (SSSR count). The Morgan fingerprint density at radius 1 is 1.10 bits per heavy atom. The predicted octanol–water partition coefficient (Wildman–Crippen LogP) is 2.85. The fraction of sp³-hybridized carbons (Fsp3) is 0.409.